The van der Waals surface area contributed by atoms with E-state index in [1.54, 1.807) is 6.07 Å². The molecule has 2 fully saturated rings. The van der Waals surface area contributed by atoms with Gasteiger partial charge < -0.3 is 10.4 Å². The Morgan fingerprint density at radius 2 is 1.82 bits per heavy atom. The molecule has 2 atom stereocenters. The van der Waals surface area contributed by atoms with Gasteiger partial charge in [-0.3, -0.25) is 15.0 Å². The molecule has 0 radical (unpaired) electrons. The van der Waals surface area contributed by atoms with Crippen molar-refractivity contribution in [2.75, 3.05) is 13.1 Å². The minimum absolute atomic E-state index is 0.0875. The predicted molar refractivity (Wildman–Crippen MR) is 110 cm³/mol. The van der Waals surface area contributed by atoms with Crippen molar-refractivity contribution in [3.63, 3.8) is 0 Å². The number of carbonyl (C=O) groups is 1. The molecular weight excluding hydrogens is 350 g/mol. The SMILES string of the molecule is O=C(NC1CCN(Cc2cccc(O)c2)CC1)[C@H]1CC[C@H](c2ccccc2)N1. The van der Waals surface area contributed by atoms with E-state index in [2.05, 4.69) is 39.8 Å². The third-order valence-electron chi connectivity index (χ3n) is 5.92. The van der Waals surface area contributed by atoms with E-state index in [-0.39, 0.29) is 24.0 Å². The Morgan fingerprint density at radius 3 is 2.57 bits per heavy atom. The summed E-state index contributed by atoms with van der Waals surface area (Å²) in [6.07, 6.45) is 3.84. The summed E-state index contributed by atoms with van der Waals surface area (Å²) >= 11 is 0. The maximum absolute atomic E-state index is 12.7. The average molecular weight is 380 g/mol. The number of amides is 1. The van der Waals surface area contributed by atoms with Gasteiger partial charge in [-0.2, -0.15) is 0 Å². The largest absolute Gasteiger partial charge is 0.508 e. The van der Waals surface area contributed by atoms with Crippen LogP contribution in [0, 0.1) is 0 Å². The summed E-state index contributed by atoms with van der Waals surface area (Å²) in [7, 11) is 0. The predicted octanol–water partition coefficient (Wildman–Crippen LogP) is 2.97. The Hall–Kier alpha value is -2.37. The first-order valence-corrected chi connectivity index (χ1v) is 10.3. The number of carbonyl (C=O) groups excluding carboxylic acids is 1. The summed E-state index contributed by atoms with van der Waals surface area (Å²) in [6.45, 7) is 2.77. The van der Waals surface area contributed by atoms with Gasteiger partial charge in [0.25, 0.3) is 0 Å². The van der Waals surface area contributed by atoms with Crippen molar-refractivity contribution in [3.8, 4) is 5.75 Å². The third-order valence-corrected chi connectivity index (χ3v) is 5.92. The number of nitrogens with one attached hydrogen (secondary N) is 2. The Kier molecular flexibility index (Phi) is 5.93. The lowest BCUT2D eigenvalue weighted by molar-refractivity contribution is -0.123. The second-order valence-corrected chi connectivity index (χ2v) is 7.99. The fourth-order valence-electron chi connectivity index (χ4n) is 4.35. The molecule has 1 amide bonds. The number of phenols is 1. The van der Waals surface area contributed by atoms with Gasteiger partial charge in [0.1, 0.15) is 5.75 Å². The standard InChI is InChI=1S/C23H29N3O2/c27-20-8-4-5-17(15-20)16-26-13-11-19(12-14-26)24-23(28)22-10-9-21(25-22)18-6-2-1-3-7-18/h1-8,15,19,21-22,25,27H,9-14,16H2,(H,24,28)/t21-,22-/m1/s1. The Morgan fingerprint density at radius 1 is 1.04 bits per heavy atom. The summed E-state index contributed by atoms with van der Waals surface area (Å²) < 4.78 is 0. The number of benzene rings is 2. The molecule has 2 heterocycles. The van der Waals surface area contributed by atoms with E-state index in [4.69, 9.17) is 0 Å². The zero-order valence-corrected chi connectivity index (χ0v) is 16.2. The maximum Gasteiger partial charge on any atom is 0.237 e. The van der Waals surface area contributed by atoms with Crippen molar-refractivity contribution in [2.24, 2.45) is 0 Å². The molecule has 5 heteroatoms. The highest BCUT2D eigenvalue weighted by molar-refractivity contribution is 5.82. The molecule has 28 heavy (non-hydrogen) atoms. The topological polar surface area (TPSA) is 64.6 Å². The van der Waals surface area contributed by atoms with Gasteiger partial charge in [-0.25, -0.2) is 0 Å². The van der Waals surface area contributed by atoms with Crippen LogP contribution in [-0.4, -0.2) is 41.1 Å². The smallest absolute Gasteiger partial charge is 0.237 e. The van der Waals surface area contributed by atoms with Crippen molar-refractivity contribution >= 4 is 5.91 Å². The van der Waals surface area contributed by atoms with E-state index >= 15 is 0 Å². The molecule has 0 unspecified atom stereocenters. The molecule has 0 saturated carbocycles. The van der Waals surface area contributed by atoms with E-state index < -0.39 is 0 Å². The lowest BCUT2D eigenvalue weighted by atomic mass is 10.0. The summed E-state index contributed by atoms with van der Waals surface area (Å²) in [4.78, 5) is 15.1. The Labute approximate surface area is 166 Å². The normalized spacial score (nSPS) is 23.6. The highest BCUT2D eigenvalue weighted by Crippen LogP contribution is 2.26. The van der Waals surface area contributed by atoms with E-state index in [0.717, 1.165) is 50.9 Å². The third kappa shape index (κ3) is 4.72. The molecular formula is C23H29N3O2. The molecule has 2 aliphatic heterocycles. The minimum atomic E-state index is -0.0875. The molecule has 0 spiro atoms. The molecule has 2 aliphatic rings. The van der Waals surface area contributed by atoms with Crippen LogP contribution in [0.5, 0.6) is 5.75 Å². The van der Waals surface area contributed by atoms with Crippen molar-refractivity contribution in [3.05, 3.63) is 65.7 Å². The van der Waals surface area contributed by atoms with Gasteiger partial charge in [0.05, 0.1) is 6.04 Å². The number of nitrogens with zero attached hydrogens (tertiary/aromatic N) is 1. The van der Waals surface area contributed by atoms with Gasteiger partial charge in [-0.1, -0.05) is 42.5 Å². The first-order valence-electron chi connectivity index (χ1n) is 10.3. The van der Waals surface area contributed by atoms with Gasteiger partial charge in [-0.05, 0) is 48.9 Å². The number of rotatable bonds is 5. The highest BCUT2D eigenvalue weighted by atomic mass is 16.3. The number of piperidine rings is 1. The monoisotopic (exact) mass is 379 g/mol. The zero-order valence-electron chi connectivity index (χ0n) is 16.2. The van der Waals surface area contributed by atoms with Crippen molar-refractivity contribution in [2.45, 2.75) is 50.4 Å². The first-order chi connectivity index (χ1) is 13.7. The first kappa shape index (κ1) is 19.0. The fraction of sp³-hybridized carbons (Fsp3) is 0.435. The Balaban J connectivity index is 1.22. The van der Waals surface area contributed by atoms with Crippen LogP contribution < -0.4 is 10.6 Å². The van der Waals surface area contributed by atoms with E-state index in [1.807, 2.05) is 24.3 Å². The van der Waals surface area contributed by atoms with Crippen molar-refractivity contribution < 1.29 is 9.90 Å². The number of hydrogen-bond donors (Lipinski definition) is 3. The molecule has 5 nitrogen and oxygen atoms in total. The van der Waals surface area contributed by atoms with Crippen LogP contribution in [0.4, 0.5) is 0 Å². The summed E-state index contributed by atoms with van der Waals surface area (Å²) in [6, 6.07) is 18.3. The summed E-state index contributed by atoms with van der Waals surface area (Å²) in [5.41, 5.74) is 2.39. The minimum Gasteiger partial charge on any atom is -0.508 e. The van der Waals surface area contributed by atoms with Gasteiger partial charge in [0.15, 0.2) is 0 Å². The second-order valence-electron chi connectivity index (χ2n) is 7.99. The zero-order chi connectivity index (χ0) is 19.3. The van der Waals surface area contributed by atoms with E-state index in [9.17, 15) is 9.90 Å². The number of phenolic OH excluding ortho intramolecular Hbond substituents is 1. The average Bonchev–Trinajstić information content (AvgIpc) is 3.21. The van der Waals surface area contributed by atoms with Crippen LogP contribution in [0.3, 0.4) is 0 Å². The fourth-order valence-corrected chi connectivity index (χ4v) is 4.35. The van der Waals surface area contributed by atoms with E-state index in [1.165, 1.54) is 5.56 Å². The lowest BCUT2D eigenvalue weighted by Crippen LogP contribution is -2.49. The number of aromatic hydroxyl groups is 1. The van der Waals surface area contributed by atoms with Gasteiger partial charge in [0.2, 0.25) is 5.91 Å². The van der Waals surface area contributed by atoms with Crippen LogP contribution in [0.2, 0.25) is 0 Å². The number of likely N-dealkylation sites (tertiary alicyclic amines) is 1. The van der Waals surface area contributed by atoms with Crippen LogP contribution in [0.25, 0.3) is 0 Å². The van der Waals surface area contributed by atoms with Crippen LogP contribution in [0.1, 0.15) is 42.9 Å². The van der Waals surface area contributed by atoms with Crippen LogP contribution in [-0.2, 0) is 11.3 Å². The van der Waals surface area contributed by atoms with Crippen molar-refractivity contribution in [1.29, 1.82) is 0 Å². The molecule has 3 N–H and O–H groups in total. The molecule has 0 aliphatic carbocycles. The highest BCUT2D eigenvalue weighted by Gasteiger charge is 2.31. The molecule has 2 aromatic carbocycles. The number of hydrogen-bond acceptors (Lipinski definition) is 4. The van der Waals surface area contributed by atoms with E-state index in [0.29, 0.717) is 5.75 Å². The molecule has 2 aromatic rings. The lowest BCUT2D eigenvalue weighted by Gasteiger charge is -2.33. The molecule has 0 aromatic heterocycles. The molecule has 2 saturated heterocycles. The molecule has 4 rings (SSSR count). The van der Waals surface area contributed by atoms with Gasteiger partial charge >= 0.3 is 0 Å². The quantitative estimate of drug-likeness (QED) is 0.747. The summed E-state index contributed by atoms with van der Waals surface area (Å²) in [5, 5.41) is 16.4. The maximum atomic E-state index is 12.7. The Bertz CT molecular complexity index is 787. The molecule has 148 valence electrons. The van der Waals surface area contributed by atoms with Gasteiger partial charge in [-0.15, -0.1) is 0 Å². The van der Waals surface area contributed by atoms with Crippen LogP contribution in [0.15, 0.2) is 54.6 Å². The van der Waals surface area contributed by atoms with Crippen molar-refractivity contribution in [1.82, 2.24) is 15.5 Å². The van der Waals surface area contributed by atoms with Gasteiger partial charge in [0, 0.05) is 31.7 Å². The summed E-state index contributed by atoms with van der Waals surface area (Å²) in [5.74, 6) is 0.461. The van der Waals surface area contributed by atoms with Crippen LogP contribution >= 0.6 is 0 Å². The molecule has 0 bridgehead atoms. The second kappa shape index (κ2) is 8.76.